The summed E-state index contributed by atoms with van der Waals surface area (Å²) in [7, 11) is 0. The van der Waals surface area contributed by atoms with Crippen molar-refractivity contribution in [3.63, 3.8) is 0 Å². The molecule has 0 spiro atoms. The molecule has 0 aliphatic rings. The maximum atomic E-state index is 13.1. The first-order chi connectivity index (χ1) is 7.65. The molecule has 4 heteroatoms. The van der Waals surface area contributed by atoms with Gasteiger partial charge in [-0.2, -0.15) is 0 Å². The molecule has 0 bridgehead atoms. The van der Waals surface area contributed by atoms with Gasteiger partial charge in [0, 0.05) is 11.5 Å². The van der Waals surface area contributed by atoms with Crippen LogP contribution in [0, 0.1) is 12.7 Å². The van der Waals surface area contributed by atoms with Crippen LogP contribution in [0.4, 0.5) is 4.39 Å². The molecule has 0 aliphatic carbocycles. The topological polar surface area (TPSA) is 43.4 Å². The van der Waals surface area contributed by atoms with Crippen LogP contribution in [0.1, 0.15) is 5.76 Å². The van der Waals surface area contributed by atoms with Crippen molar-refractivity contribution in [2.45, 2.75) is 6.92 Å². The van der Waals surface area contributed by atoms with Gasteiger partial charge < -0.3 is 8.83 Å². The second kappa shape index (κ2) is 2.95. The zero-order valence-electron chi connectivity index (χ0n) is 8.41. The van der Waals surface area contributed by atoms with Crippen molar-refractivity contribution in [1.29, 1.82) is 0 Å². The first-order valence-corrected chi connectivity index (χ1v) is 4.77. The van der Waals surface area contributed by atoms with Crippen LogP contribution in [0.3, 0.4) is 0 Å². The molecule has 1 aromatic carbocycles. The number of hydrogen-bond acceptors (Lipinski definition) is 3. The molecular formula is C12H7FO3. The van der Waals surface area contributed by atoms with Crippen molar-refractivity contribution in [1.82, 2.24) is 0 Å². The lowest BCUT2D eigenvalue weighted by molar-refractivity contribution is 0.486. The monoisotopic (exact) mass is 218 g/mol. The molecule has 0 aliphatic heterocycles. The van der Waals surface area contributed by atoms with E-state index < -0.39 is 11.4 Å². The number of hydrogen-bond donors (Lipinski definition) is 0. The molecule has 3 rings (SSSR count). The van der Waals surface area contributed by atoms with E-state index in [0.29, 0.717) is 27.7 Å². The molecule has 2 heterocycles. The Hall–Kier alpha value is -2.10. The van der Waals surface area contributed by atoms with Gasteiger partial charge in [0.05, 0.1) is 0 Å². The molecule has 0 saturated carbocycles. The molecule has 0 unspecified atom stereocenters. The molecule has 0 N–H and O–H groups in total. The molecule has 16 heavy (non-hydrogen) atoms. The number of furan rings is 1. The van der Waals surface area contributed by atoms with E-state index in [1.165, 1.54) is 18.2 Å². The summed E-state index contributed by atoms with van der Waals surface area (Å²) in [5.41, 5.74) is 0.406. The van der Waals surface area contributed by atoms with Crippen LogP contribution < -0.4 is 5.63 Å². The molecule has 0 atom stereocenters. The Morgan fingerprint density at radius 2 is 1.94 bits per heavy atom. The highest BCUT2D eigenvalue weighted by molar-refractivity contribution is 6.04. The van der Waals surface area contributed by atoms with Gasteiger partial charge in [0.15, 0.2) is 0 Å². The Bertz CT molecular complexity index is 752. The van der Waals surface area contributed by atoms with Gasteiger partial charge in [-0.1, -0.05) is 0 Å². The Morgan fingerprint density at radius 1 is 1.12 bits per heavy atom. The highest BCUT2D eigenvalue weighted by Gasteiger charge is 2.12. The largest absolute Gasteiger partial charge is 0.456 e. The fourth-order valence-electron chi connectivity index (χ4n) is 1.81. The zero-order chi connectivity index (χ0) is 11.3. The van der Waals surface area contributed by atoms with Gasteiger partial charge in [0.2, 0.25) is 0 Å². The third-order valence-corrected chi connectivity index (χ3v) is 2.47. The van der Waals surface area contributed by atoms with Crippen LogP contribution in [-0.2, 0) is 0 Å². The van der Waals surface area contributed by atoms with Gasteiger partial charge in [0.25, 0.3) is 0 Å². The summed E-state index contributed by atoms with van der Waals surface area (Å²) < 4.78 is 23.5. The first-order valence-electron chi connectivity index (χ1n) is 4.77. The average Bonchev–Trinajstić information content (AvgIpc) is 2.54. The molecule has 80 valence electrons. The van der Waals surface area contributed by atoms with Crippen LogP contribution in [0.2, 0.25) is 0 Å². The van der Waals surface area contributed by atoms with E-state index in [1.54, 1.807) is 13.0 Å². The van der Waals surface area contributed by atoms with Gasteiger partial charge in [0.1, 0.15) is 28.1 Å². The van der Waals surface area contributed by atoms with Crippen molar-refractivity contribution in [3.8, 4) is 0 Å². The number of fused-ring (bicyclic) bond motifs is 3. The summed E-state index contributed by atoms with van der Waals surface area (Å²) >= 11 is 0. The fraction of sp³-hybridized carbons (Fsp3) is 0.0833. The quantitative estimate of drug-likeness (QED) is 0.582. The van der Waals surface area contributed by atoms with E-state index in [1.807, 2.05) is 0 Å². The Labute approximate surface area is 89.1 Å². The third-order valence-electron chi connectivity index (χ3n) is 2.47. The number of rotatable bonds is 0. The minimum Gasteiger partial charge on any atom is -0.456 e. The van der Waals surface area contributed by atoms with Gasteiger partial charge in [-0.15, -0.1) is 0 Å². The third kappa shape index (κ3) is 1.16. The van der Waals surface area contributed by atoms with Gasteiger partial charge >= 0.3 is 5.63 Å². The Kier molecular flexibility index (Phi) is 1.68. The lowest BCUT2D eigenvalue weighted by atomic mass is 10.2. The molecule has 0 radical (unpaired) electrons. The maximum absolute atomic E-state index is 13.1. The van der Waals surface area contributed by atoms with Crippen molar-refractivity contribution < 1.29 is 13.2 Å². The molecular weight excluding hydrogens is 211 g/mol. The standard InChI is InChI=1S/C12H7FO3/c1-6-4-10-11(12(14)15-6)8-5-7(13)2-3-9(8)16-10/h2-5H,1H3. The Morgan fingerprint density at radius 3 is 2.75 bits per heavy atom. The van der Waals surface area contributed by atoms with Gasteiger partial charge in [-0.05, 0) is 25.1 Å². The molecule has 3 aromatic rings. The van der Waals surface area contributed by atoms with E-state index >= 15 is 0 Å². The van der Waals surface area contributed by atoms with Crippen molar-refractivity contribution in [2.75, 3.05) is 0 Å². The van der Waals surface area contributed by atoms with Crippen molar-refractivity contribution in [2.24, 2.45) is 0 Å². The molecule has 2 aromatic heterocycles. The van der Waals surface area contributed by atoms with Crippen LogP contribution >= 0.6 is 0 Å². The predicted molar refractivity (Wildman–Crippen MR) is 57.0 cm³/mol. The Balaban J connectivity index is 2.63. The smallest absolute Gasteiger partial charge is 0.347 e. The minimum absolute atomic E-state index is 0.292. The number of aryl methyl sites for hydroxylation is 1. The predicted octanol–water partition coefficient (Wildman–Crippen LogP) is 2.99. The first kappa shape index (κ1) is 9.15. The number of halogens is 1. The number of benzene rings is 1. The van der Waals surface area contributed by atoms with Crippen LogP contribution in [0.25, 0.3) is 21.9 Å². The summed E-state index contributed by atoms with van der Waals surface area (Å²) in [6.07, 6.45) is 0. The summed E-state index contributed by atoms with van der Waals surface area (Å²) in [6, 6.07) is 5.68. The van der Waals surface area contributed by atoms with Crippen molar-refractivity contribution in [3.05, 3.63) is 46.3 Å². The van der Waals surface area contributed by atoms with Gasteiger partial charge in [-0.25, -0.2) is 9.18 Å². The van der Waals surface area contributed by atoms with Crippen LogP contribution in [0.5, 0.6) is 0 Å². The molecule has 0 fully saturated rings. The average molecular weight is 218 g/mol. The van der Waals surface area contributed by atoms with Crippen molar-refractivity contribution >= 4 is 21.9 Å². The van der Waals surface area contributed by atoms with Crippen LogP contribution in [0.15, 0.2) is 37.9 Å². The maximum Gasteiger partial charge on any atom is 0.347 e. The van der Waals surface area contributed by atoms with Crippen LogP contribution in [-0.4, -0.2) is 0 Å². The summed E-state index contributed by atoms with van der Waals surface area (Å²) in [5, 5.41) is 0.740. The lowest BCUT2D eigenvalue weighted by Gasteiger charge is -1.90. The summed E-state index contributed by atoms with van der Waals surface area (Å²) in [5.74, 6) is 0.0622. The SMILES string of the molecule is Cc1cc2oc3ccc(F)cc3c2c(=O)o1. The summed E-state index contributed by atoms with van der Waals surface area (Å²) in [6.45, 7) is 1.66. The van der Waals surface area contributed by atoms with E-state index in [-0.39, 0.29) is 0 Å². The van der Waals surface area contributed by atoms with E-state index in [0.717, 1.165) is 0 Å². The minimum atomic E-state index is -0.501. The highest BCUT2D eigenvalue weighted by atomic mass is 19.1. The van der Waals surface area contributed by atoms with Gasteiger partial charge in [-0.3, -0.25) is 0 Å². The molecule has 0 saturated heterocycles. The second-order valence-electron chi connectivity index (χ2n) is 3.63. The van der Waals surface area contributed by atoms with E-state index in [9.17, 15) is 9.18 Å². The van der Waals surface area contributed by atoms with E-state index in [4.69, 9.17) is 8.83 Å². The van der Waals surface area contributed by atoms with E-state index in [2.05, 4.69) is 0 Å². The zero-order valence-corrected chi connectivity index (χ0v) is 8.41. The second-order valence-corrected chi connectivity index (χ2v) is 3.63. The summed E-state index contributed by atoms with van der Waals surface area (Å²) in [4.78, 5) is 11.6. The normalized spacial score (nSPS) is 11.4. The highest BCUT2D eigenvalue weighted by Crippen LogP contribution is 2.27. The molecule has 0 amide bonds. The lowest BCUT2D eigenvalue weighted by Crippen LogP contribution is -1.98. The fourth-order valence-corrected chi connectivity index (χ4v) is 1.81. The molecule has 3 nitrogen and oxygen atoms in total.